The molecule has 0 aromatic heterocycles. The van der Waals surface area contributed by atoms with Gasteiger partial charge in [-0.25, -0.2) is 0 Å². The van der Waals surface area contributed by atoms with Crippen molar-refractivity contribution in [3.63, 3.8) is 0 Å². The van der Waals surface area contributed by atoms with Crippen LogP contribution in [0, 0.1) is 0 Å². The highest BCUT2D eigenvalue weighted by Crippen LogP contribution is 2.23. The van der Waals surface area contributed by atoms with E-state index in [9.17, 15) is 0 Å². The fourth-order valence-electron chi connectivity index (χ4n) is 1.72. The molecule has 4 nitrogen and oxygen atoms in total. The van der Waals surface area contributed by atoms with Gasteiger partial charge in [0.05, 0.1) is 14.2 Å². The summed E-state index contributed by atoms with van der Waals surface area (Å²) < 4.78 is 10.5. The lowest BCUT2D eigenvalue weighted by Crippen LogP contribution is -2.28. The molecule has 1 aromatic rings. The normalized spacial score (nSPS) is 11.1. The van der Waals surface area contributed by atoms with E-state index < -0.39 is 0 Å². The van der Waals surface area contributed by atoms with Crippen molar-refractivity contribution in [1.82, 2.24) is 9.80 Å². The highest BCUT2D eigenvalue weighted by molar-refractivity contribution is 5.38. The third kappa shape index (κ3) is 4.94. The minimum atomic E-state index is 0.838. The predicted molar refractivity (Wildman–Crippen MR) is 74.4 cm³/mol. The van der Waals surface area contributed by atoms with Crippen LogP contribution < -0.4 is 9.47 Å². The molecule has 18 heavy (non-hydrogen) atoms. The first-order valence-corrected chi connectivity index (χ1v) is 6.10. The lowest BCUT2D eigenvalue weighted by Gasteiger charge is -2.20. The molecule has 4 heteroatoms. The Balaban J connectivity index is 2.65. The lowest BCUT2D eigenvalue weighted by molar-refractivity contribution is 0.275. The van der Waals surface area contributed by atoms with Crippen LogP contribution in [-0.4, -0.2) is 58.3 Å². The van der Waals surface area contributed by atoms with Crippen molar-refractivity contribution in [3.05, 3.63) is 23.8 Å². The average molecular weight is 252 g/mol. The second-order valence-corrected chi connectivity index (χ2v) is 4.76. The summed E-state index contributed by atoms with van der Waals surface area (Å²) in [5.74, 6) is 1.68. The maximum Gasteiger partial charge on any atom is 0.122 e. The molecule has 0 bridgehead atoms. The van der Waals surface area contributed by atoms with Gasteiger partial charge < -0.3 is 19.3 Å². The van der Waals surface area contributed by atoms with Gasteiger partial charge >= 0.3 is 0 Å². The molecule has 0 fully saturated rings. The standard InChI is InChI=1S/C14H24N2O2/c1-15(2)6-7-16(3)11-12-8-13(17-4)10-14(9-12)18-5/h8-10H,6-7,11H2,1-5H3. The maximum atomic E-state index is 5.27. The van der Waals surface area contributed by atoms with Crippen molar-refractivity contribution in [2.45, 2.75) is 6.54 Å². The Morgan fingerprint density at radius 1 is 0.889 bits per heavy atom. The number of nitrogens with zero attached hydrogens (tertiary/aromatic N) is 2. The second kappa shape index (κ2) is 7.24. The first-order chi connectivity index (χ1) is 8.55. The van der Waals surface area contributed by atoms with Crippen LogP contribution in [0.25, 0.3) is 0 Å². The Labute approximate surface area is 110 Å². The third-order valence-corrected chi connectivity index (χ3v) is 2.79. The molecule has 0 unspecified atom stereocenters. The Bertz CT molecular complexity index is 345. The fourth-order valence-corrected chi connectivity index (χ4v) is 1.72. The summed E-state index contributed by atoms with van der Waals surface area (Å²) in [7, 11) is 9.64. The lowest BCUT2D eigenvalue weighted by atomic mass is 10.2. The Morgan fingerprint density at radius 2 is 1.44 bits per heavy atom. The number of benzene rings is 1. The molecule has 0 amide bonds. The van der Waals surface area contributed by atoms with Crippen molar-refractivity contribution < 1.29 is 9.47 Å². The van der Waals surface area contributed by atoms with Crippen molar-refractivity contribution in [2.75, 3.05) is 48.5 Å². The number of methoxy groups -OCH3 is 2. The topological polar surface area (TPSA) is 24.9 Å². The minimum Gasteiger partial charge on any atom is -0.497 e. The first kappa shape index (κ1) is 14.8. The van der Waals surface area contributed by atoms with Crippen LogP contribution >= 0.6 is 0 Å². The summed E-state index contributed by atoms with van der Waals surface area (Å²) in [5, 5.41) is 0. The van der Waals surface area contributed by atoms with E-state index in [4.69, 9.17) is 9.47 Å². The highest BCUT2D eigenvalue weighted by atomic mass is 16.5. The van der Waals surface area contributed by atoms with Crippen LogP contribution in [0.5, 0.6) is 11.5 Å². The zero-order chi connectivity index (χ0) is 13.5. The minimum absolute atomic E-state index is 0.838. The van der Waals surface area contributed by atoms with Gasteiger partial charge in [0.25, 0.3) is 0 Å². The molecular weight excluding hydrogens is 228 g/mol. The van der Waals surface area contributed by atoms with E-state index in [1.54, 1.807) is 14.2 Å². The van der Waals surface area contributed by atoms with Crippen LogP contribution in [0.4, 0.5) is 0 Å². The Kier molecular flexibility index (Phi) is 5.95. The Morgan fingerprint density at radius 3 is 1.89 bits per heavy atom. The smallest absolute Gasteiger partial charge is 0.122 e. The van der Waals surface area contributed by atoms with Crippen molar-refractivity contribution in [1.29, 1.82) is 0 Å². The SMILES string of the molecule is COc1cc(CN(C)CCN(C)C)cc(OC)c1. The van der Waals surface area contributed by atoms with Crippen LogP contribution in [0.2, 0.25) is 0 Å². The van der Waals surface area contributed by atoms with E-state index in [2.05, 4.69) is 43.1 Å². The predicted octanol–water partition coefficient (Wildman–Crippen LogP) is 1.70. The number of ether oxygens (including phenoxy) is 2. The molecule has 0 saturated carbocycles. The van der Waals surface area contributed by atoms with Gasteiger partial charge in [0.15, 0.2) is 0 Å². The van der Waals surface area contributed by atoms with Crippen molar-refractivity contribution in [3.8, 4) is 11.5 Å². The van der Waals surface area contributed by atoms with Crippen LogP contribution in [0.15, 0.2) is 18.2 Å². The number of rotatable bonds is 7. The largest absolute Gasteiger partial charge is 0.497 e. The van der Waals surface area contributed by atoms with Gasteiger partial charge in [-0.05, 0) is 38.8 Å². The molecule has 0 N–H and O–H groups in total. The first-order valence-electron chi connectivity index (χ1n) is 6.10. The van der Waals surface area contributed by atoms with Crippen LogP contribution in [0.1, 0.15) is 5.56 Å². The van der Waals surface area contributed by atoms with E-state index in [0.29, 0.717) is 0 Å². The van der Waals surface area contributed by atoms with E-state index in [1.165, 1.54) is 5.56 Å². The Hall–Kier alpha value is -1.26. The number of hydrogen-bond acceptors (Lipinski definition) is 4. The zero-order valence-corrected chi connectivity index (χ0v) is 12.1. The summed E-state index contributed by atoms with van der Waals surface area (Å²) in [6.45, 7) is 2.98. The fraction of sp³-hybridized carbons (Fsp3) is 0.571. The summed E-state index contributed by atoms with van der Waals surface area (Å²) >= 11 is 0. The van der Waals surface area contributed by atoms with Gasteiger partial charge in [-0.3, -0.25) is 0 Å². The summed E-state index contributed by atoms with van der Waals surface area (Å²) in [6, 6.07) is 5.99. The number of hydrogen-bond donors (Lipinski definition) is 0. The molecule has 102 valence electrons. The average Bonchev–Trinajstić information content (AvgIpc) is 2.35. The number of likely N-dealkylation sites (N-methyl/N-ethyl adjacent to an activating group) is 2. The molecule has 1 aromatic carbocycles. The molecule has 0 atom stereocenters. The summed E-state index contributed by atoms with van der Waals surface area (Å²) in [5.41, 5.74) is 1.20. The van der Waals surface area contributed by atoms with Gasteiger partial charge in [0.2, 0.25) is 0 Å². The van der Waals surface area contributed by atoms with Crippen LogP contribution in [-0.2, 0) is 6.54 Å². The molecular formula is C14H24N2O2. The molecule has 0 aliphatic heterocycles. The second-order valence-electron chi connectivity index (χ2n) is 4.76. The quantitative estimate of drug-likeness (QED) is 0.737. The third-order valence-electron chi connectivity index (χ3n) is 2.79. The van der Waals surface area contributed by atoms with Gasteiger partial charge in [-0.2, -0.15) is 0 Å². The monoisotopic (exact) mass is 252 g/mol. The molecule has 0 heterocycles. The molecule has 0 saturated heterocycles. The van der Waals surface area contributed by atoms with Gasteiger partial charge in [-0.1, -0.05) is 0 Å². The van der Waals surface area contributed by atoms with Crippen molar-refractivity contribution in [2.24, 2.45) is 0 Å². The van der Waals surface area contributed by atoms with Gasteiger partial charge in [0.1, 0.15) is 11.5 Å². The van der Waals surface area contributed by atoms with E-state index in [0.717, 1.165) is 31.1 Å². The van der Waals surface area contributed by atoms with E-state index in [1.807, 2.05) is 6.07 Å². The molecule has 0 aliphatic carbocycles. The van der Waals surface area contributed by atoms with Crippen molar-refractivity contribution >= 4 is 0 Å². The molecule has 0 aliphatic rings. The molecule has 0 radical (unpaired) electrons. The highest BCUT2D eigenvalue weighted by Gasteiger charge is 2.05. The van der Waals surface area contributed by atoms with Gasteiger partial charge in [0, 0.05) is 25.7 Å². The maximum absolute atomic E-state index is 5.27. The van der Waals surface area contributed by atoms with Gasteiger partial charge in [-0.15, -0.1) is 0 Å². The van der Waals surface area contributed by atoms with E-state index >= 15 is 0 Å². The van der Waals surface area contributed by atoms with Crippen LogP contribution in [0.3, 0.4) is 0 Å². The van der Waals surface area contributed by atoms with E-state index in [-0.39, 0.29) is 0 Å². The zero-order valence-electron chi connectivity index (χ0n) is 12.1. The molecule has 0 spiro atoms. The molecule has 1 rings (SSSR count). The summed E-state index contributed by atoms with van der Waals surface area (Å²) in [6.07, 6.45) is 0. The summed E-state index contributed by atoms with van der Waals surface area (Å²) in [4.78, 5) is 4.47.